The Morgan fingerprint density at radius 2 is 2.33 bits per heavy atom. The van der Waals surface area contributed by atoms with E-state index in [0.717, 1.165) is 0 Å². The largest absolute Gasteiger partial charge is 0.508 e. The van der Waals surface area contributed by atoms with Crippen LogP contribution in [-0.2, 0) is 4.74 Å². The van der Waals surface area contributed by atoms with Gasteiger partial charge in [-0.05, 0) is 25.1 Å². The van der Waals surface area contributed by atoms with Crippen molar-refractivity contribution in [2.75, 3.05) is 19.0 Å². The van der Waals surface area contributed by atoms with Crippen LogP contribution in [0.2, 0.25) is 0 Å². The molecule has 0 radical (unpaired) electrons. The Labute approximate surface area is 111 Å². The molecule has 1 aliphatic rings. The van der Waals surface area contributed by atoms with Gasteiger partial charge in [0.1, 0.15) is 5.75 Å². The maximum absolute atomic E-state index is 12.3. The van der Waals surface area contributed by atoms with Crippen LogP contribution in [0.5, 0.6) is 5.75 Å². The molecule has 1 N–H and O–H groups in total. The molecule has 0 saturated carbocycles. The fourth-order valence-electron chi connectivity index (χ4n) is 2.12. The molecule has 18 heavy (non-hydrogen) atoms. The fraction of sp³-hybridized carbons (Fsp3) is 0.462. The first-order valence-corrected chi connectivity index (χ1v) is 6.43. The van der Waals surface area contributed by atoms with Crippen LogP contribution in [0.25, 0.3) is 0 Å². The van der Waals surface area contributed by atoms with Gasteiger partial charge in [-0.3, -0.25) is 4.79 Å². The molecule has 2 atom stereocenters. The smallest absolute Gasteiger partial charge is 0.254 e. The van der Waals surface area contributed by atoms with Gasteiger partial charge in [-0.1, -0.05) is 6.07 Å². The molecule has 1 saturated heterocycles. The van der Waals surface area contributed by atoms with Gasteiger partial charge in [-0.25, -0.2) is 0 Å². The second-order valence-electron chi connectivity index (χ2n) is 4.48. The van der Waals surface area contributed by atoms with Crippen molar-refractivity contribution in [3.63, 3.8) is 0 Å². The molecule has 1 amide bonds. The molecular weight excluding hydrogens is 254 g/mol. The molecule has 0 aromatic heterocycles. The van der Waals surface area contributed by atoms with E-state index in [2.05, 4.69) is 0 Å². The summed E-state index contributed by atoms with van der Waals surface area (Å²) in [6.07, 6.45) is -0.152. The highest BCUT2D eigenvalue weighted by Crippen LogP contribution is 2.17. The molecular formula is C13H16ClNO3. The Morgan fingerprint density at radius 3 is 3.00 bits per heavy atom. The van der Waals surface area contributed by atoms with E-state index in [4.69, 9.17) is 16.3 Å². The van der Waals surface area contributed by atoms with E-state index in [1.165, 1.54) is 6.07 Å². The number of hydrogen-bond acceptors (Lipinski definition) is 3. The Hall–Kier alpha value is -1.26. The van der Waals surface area contributed by atoms with E-state index in [0.29, 0.717) is 24.5 Å². The highest BCUT2D eigenvalue weighted by molar-refractivity contribution is 6.18. The van der Waals surface area contributed by atoms with E-state index in [1.54, 1.807) is 23.1 Å². The third-order valence-electron chi connectivity index (χ3n) is 2.88. The maximum Gasteiger partial charge on any atom is 0.254 e. The Bertz CT molecular complexity index is 438. The van der Waals surface area contributed by atoms with Gasteiger partial charge in [0.2, 0.25) is 0 Å². The molecule has 4 nitrogen and oxygen atoms in total. The number of hydrogen-bond donors (Lipinski definition) is 1. The number of carbonyl (C=O) groups is 1. The summed E-state index contributed by atoms with van der Waals surface area (Å²) in [6, 6.07) is 6.36. The minimum Gasteiger partial charge on any atom is -0.508 e. The number of aromatic hydroxyl groups is 1. The van der Waals surface area contributed by atoms with Gasteiger partial charge in [0, 0.05) is 18.7 Å². The molecule has 1 heterocycles. The van der Waals surface area contributed by atoms with Gasteiger partial charge in [0.15, 0.2) is 0 Å². The van der Waals surface area contributed by atoms with Gasteiger partial charge in [-0.2, -0.15) is 0 Å². The van der Waals surface area contributed by atoms with Crippen LogP contribution in [0.1, 0.15) is 17.3 Å². The Balaban J connectivity index is 2.13. The first-order valence-electron chi connectivity index (χ1n) is 5.90. The van der Waals surface area contributed by atoms with E-state index in [-0.39, 0.29) is 23.9 Å². The molecule has 98 valence electrons. The maximum atomic E-state index is 12.3. The standard InChI is InChI=1S/C13H16ClNO3/c1-9-7-15(8-12(6-14)18-9)13(17)10-3-2-4-11(16)5-10/h2-5,9,12,16H,6-8H2,1H3. The van der Waals surface area contributed by atoms with Crippen LogP contribution in [0.15, 0.2) is 24.3 Å². The van der Waals surface area contributed by atoms with E-state index >= 15 is 0 Å². The zero-order valence-corrected chi connectivity index (χ0v) is 10.9. The van der Waals surface area contributed by atoms with Gasteiger partial charge >= 0.3 is 0 Å². The predicted octanol–water partition coefficient (Wildman–Crippen LogP) is 1.86. The molecule has 2 rings (SSSR count). The predicted molar refractivity (Wildman–Crippen MR) is 69.1 cm³/mol. The molecule has 0 spiro atoms. The quantitative estimate of drug-likeness (QED) is 0.834. The van der Waals surface area contributed by atoms with Crippen molar-refractivity contribution in [2.45, 2.75) is 19.1 Å². The molecule has 1 aromatic carbocycles. The van der Waals surface area contributed by atoms with E-state index in [1.807, 2.05) is 6.92 Å². The topological polar surface area (TPSA) is 49.8 Å². The lowest BCUT2D eigenvalue weighted by molar-refractivity contribution is -0.0570. The third-order valence-corrected chi connectivity index (χ3v) is 3.22. The van der Waals surface area contributed by atoms with Crippen LogP contribution in [-0.4, -0.2) is 47.1 Å². The molecule has 0 bridgehead atoms. The van der Waals surface area contributed by atoms with E-state index < -0.39 is 0 Å². The van der Waals surface area contributed by atoms with E-state index in [9.17, 15) is 9.90 Å². The fourth-order valence-corrected chi connectivity index (χ4v) is 2.29. The summed E-state index contributed by atoms with van der Waals surface area (Å²) in [6.45, 7) is 2.95. The molecule has 1 fully saturated rings. The average Bonchev–Trinajstić information content (AvgIpc) is 2.37. The monoisotopic (exact) mass is 269 g/mol. The van der Waals surface area contributed by atoms with Gasteiger partial charge in [0.05, 0.1) is 18.1 Å². The number of phenolic OH excluding ortho intramolecular Hbond substituents is 1. The van der Waals surface area contributed by atoms with Crippen LogP contribution < -0.4 is 0 Å². The van der Waals surface area contributed by atoms with Crippen molar-refractivity contribution < 1.29 is 14.6 Å². The lowest BCUT2D eigenvalue weighted by Crippen LogP contribution is -2.49. The van der Waals surface area contributed by atoms with Crippen molar-refractivity contribution in [2.24, 2.45) is 0 Å². The average molecular weight is 270 g/mol. The van der Waals surface area contributed by atoms with Crippen molar-refractivity contribution >= 4 is 17.5 Å². The molecule has 0 aliphatic carbocycles. The van der Waals surface area contributed by atoms with Crippen molar-refractivity contribution in [1.82, 2.24) is 4.90 Å². The summed E-state index contributed by atoms with van der Waals surface area (Å²) >= 11 is 5.78. The van der Waals surface area contributed by atoms with Crippen LogP contribution in [0, 0.1) is 0 Å². The van der Waals surface area contributed by atoms with Gasteiger partial charge in [0.25, 0.3) is 5.91 Å². The summed E-state index contributed by atoms with van der Waals surface area (Å²) in [4.78, 5) is 14.0. The normalized spacial score (nSPS) is 24.0. The number of amides is 1. The van der Waals surface area contributed by atoms with Gasteiger partial charge < -0.3 is 14.7 Å². The van der Waals surface area contributed by atoms with Crippen LogP contribution in [0.3, 0.4) is 0 Å². The SMILES string of the molecule is CC1CN(C(=O)c2cccc(O)c2)CC(CCl)O1. The van der Waals surface area contributed by atoms with Crippen molar-refractivity contribution in [1.29, 1.82) is 0 Å². The van der Waals surface area contributed by atoms with Crippen LogP contribution >= 0.6 is 11.6 Å². The number of alkyl halides is 1. The zero-order valence-electron chi connectivity index (χ0n) is 10.2. The highest BCUT2D eigenvalue weighted by Gasteiger charge is 2.28. The number of nitrogens with zero attached hydrogens (tertiary/aromatic N) is 1. The van der Waals surface area contributed by atoms with Crippen molar-refractivity contribution in [3.8, 4) is 5.75 Å². The second-order valence-corrected chi connectivity index (χ2v) is 4.79. The molecule has 1 aliphatic heterocycles. The minimum absolute atomic E-state index is 0.0243. The number of carbonyl (C=O) groups excluding carboxylic acids is 1. The number of halogens is 1. The van der Waals surface area contributed by atoms with Crippen LogP contribution in [0.4, 0.5) is 0 Å². The third kappa shape index (κ3) is 2.94. The number of morpholine rings is 1. The summed E-state index contributed by atoms with van der Waals surface area (Å²) < 4.78 is 5.60. The second kappa shape index (κ2) is 5.59. The first kappa shape index (κ1) is 13.2. The lowest BCUT2D eigenvalue weighted by atomic mass is 10.1. The number of rotatable bonds is 2. The molecule has 2 unspecified atom stereocenters. The summed E-state index contributed by atoms with van der Waals surface area (Å²) in [5.41, 5.74) is 0.484. The number of ether oxygens (including phenoxy) is 1. The summed E-state index contributed by atoms with van der Waals surface area (Å²) in [7, 11) is 0. The zero-order chi connectivity index (χ0) is 13.1. The lowest BCUT2D eigenvalue weighted by Gasteiger charge is -2.36. The summed E-state index contributed by atoms with van der Waals surface area (Å²) in [5.74, 6) is 0.362. The van der Waals surface area contributed by atoms with Crippen molar-refractivity contribution in [3.05, 3.63) is 29.8 Å². The summed E-state index contributed by atoms with van der Waals surface area (Å²) in [5, 5.41) is 9.39. The highest BCUT2D eigenvalue weighted by atomic mass is 35.5. The first-order chi connectivity index (χ1) is 8.60. The van der Waals surface area contributed by atoms with Gasteiger partial charge in [-0.15, -0.1) is 11.6 Å². The molecule has 1 aromatic rings. The number of phenols is 1. The minimum atomic E-state index is -0.128. The number of benzene rings is 1. The Kier molecular flexibility index (Phi) is 4.09. The molecule has 5 heteroatoms. The Morgan fingerprint density at radius 1 is 1.56 bits per heavy atom.